The Balaban J connectivity index is 1.91. The van der Waals surface area contributed by atoms with Crippen LogP contribution in [-0.4, -0.2) is 19.6 Å². The molecule has 4 heteroatoms. The highest BCUT2D eigenvalue weighted by molar-refractivity contribution is 6.30. The molecule has 1 N–H and O–H groups in total. The summed E-state index contributed by atoms with van der Waals surface area (Å²) in [5.74, 6) is -0.180. The normalized spacial score (nSPS) is 10.3. The van der Waals surface area contributed by atoms with Crippen molar-refractivity contribution in [2.75, 3.05) is 29.9 Å². The maximum absolute atomic E-state index is 13.7. The lowest BCUT2D eigenvalue weighted by atomic mass is 10.2. The van der Waals surface area contributed by atoms with E-state index in [9.17, 15) is 4.39 Å². The quantitative estimate of drug-likeness (QED) is 0.848. The largest absolute Gasteiger partial charge is 0.383 e. The monoisotopic (exact) mass is 292 g/mol. The molecule has 106 valence electrons. The summed E-state index contributed by atoms with van der Waals surface area (Å²) >= 11 is 5.84. The van der Waals surface area contributed by atoms with Gasteiger partial charge in [0.15, 0.2) is 0 Å². The predicted molar refractivity (Wildman–Crippen MR) is 84.2 cm³/mol. The van der Waals surface area contributed by atoms with Crippen LogP contribution in [-0.2, 0) is 0 Å². The molecule has 0 radical (unpaired) electrons. The van der Waals surface area contributed by atoms with Crippen molar-refractivity contribution in [1.82, 2.24) is 0 Å². The van der Waals surface area contributed by atoms with Gasteiger partial charge in [0.05, 0.1) is 5.69 Å². The standard InChI is InChI=1S/C16H18ClFN2/c1-2-20(16-6-4-3-5-15(16)18)12-11-19-14-9-7-13(17)8-10-14/h3-10,19H,2,11-12H2,1H3. The Morgan fingerprint density at radius 2 is 1.80 bits per heavy atom. The molecule has 0 aliphatic heterocycles. The van der Waals surface area contributed by atoms with E-state index < -0.39 is 0 Å². The molecule has 0 spiro atoms. The first-order chi connectivity index (χ1) is 9.70. The van der Waals surface area contributed by atoms with Crippen molar-refractivity contribution in [3.8, 4) is 0 Å². The predicted octanol–water partition coefficient (Wildman–Crippen LogP) is 4.42. The van der Waals surface area contributed by atoms with Crippen molar-refractivity contribution >= 4 is 23.0 Å². The number of nitrogens with zero attached hydrogens (tertiary/aromatic N) is 1. The molecule has 0 bridgehead atoms. The molecule has 0 fully saturated rings. The van der Waals surface area contributed by atoms with Crippen molar-refractivity contribution in [1.29, 1.82) is 0 Å². The van der Waals surface area contributed by atoms with Gasteiger partial charge in [-0.05, 0) is 43.3 Å². The van der Waals surface area contributed by atoms with E-state index in [1.165, 1.54) is 6.07 Å². The lowest BCUT2D eigenvalue weighted by Gasteiger charge is -2.24. The van der Waals surface area contributed by atoms with Gasteiger partial charge >= 0.3 is 0 Å². The van der Waals surface area contributed by atoms with E-state index in [-0.39, 0.29) is 5.82 Å². The Bertz CT molecular complexity index is 542. The number of anilines is 2. The Hall–Kier alpha value is -1.74. The molecule has 0 aliphatic rings. The van der Waals surface area contributed by atoms with Crippen LogP contribution in [0.5, 0.6) is 0 Å². The van der Waals surface area contributed by atoms with E-state index in [0.29, 0.717) is 5.69 Å². The first-order valence-electron chi connectivity index (χ1n) is 6.69. The average molecular weight is 293 g/mol. The summed E-state index contributed by atoms with van der Waals surface area (Å²) < 4.78 is 13.7. The number of benzene rings is 2. The number of rotatable bonds is 6. The summed E-state index contributed by atoms with van der Waals surface area (Å²) in [6, 6.07) is 14.4. The lowest BCUT2D eigenvalue weighted by Crippen LogP contribution is -2.29. The summed E-state index contributed by atoms with van der Waals surface area (Å²) in [5.41, 5.74) is 1.66. The highest BCUT2D eigenvalue weighted by atomic mass is 35.5. The number of nitrogens with one attached hydrogen (secondary N) is 1. The smallest absolute Gasteiger partial charge is 0.146 e. The van der Waals surface area contributed by atoms with Gasteiger partial charge in [-0.15, -0.1) is 0 Å². The van der Waals surface area contributed by atoms with E-state index in [1.807, 2.05) is 42.2 Å². The summed E-state index contributed by atoms with van der Waals surface area (Å²) in [4.78, 5) is 2.01. The fourth-order valence-corrected chi connectivity index (χ4v) is 2.19. The maximum atomic E-state index is 13.7. The zero-order valence-corrected chi connectivity index (χ0v) is 12.2. The van der Waals surface area contributed by atoms with Crippen LogP contribution in [0.1, 0.15) is 6.92 Å². The Morgan fingerprint density at radius 3 is 2.45 bits per heavy atom. The van der Waals surface area contributed by atoms with E-state index >= 15 is 0 Å². The minimum atomic E-state index is -0.180. The summed E-state index contributed by atoms with van der Waals surface area (Å²) in [7, 11) is 0. The van der Waals surface area contributed by atoms with Crippen molar-refractivity contribution in [2.24, 2.45) is 0 Å². The Morgan fingerprint density at radius 1 is 1.10 bits per heavy atom. The van der Waals surface area contributed by atoms with Crippen LogP contribution in [0.3, 0.4) is 0 Å². The van der Waals surface area contributed by atoms with E-state index in [1.54, 1.807) is 12.1 Å². The first-order valence-corrected chi connectivity index (χ1v) is 7.07. The van der Waals surface area contributed by atoms with Crippen LogP contribution in [0.2, 0.25) is 5.02 Å². The molecule has 0 heterocycles. The molecule has 0 atom stereocenters. The van der Waals surface area contributed by atoms with Gasteiger partial charge in [-0.25, -0.2) is 4.39 Å². The molecule has 0 unspecified atom stereocenters. The molecule has 20 heavy (non-hydrogen) atoms. The number of hydrogen-bond acceptors (Lipinski definition) is 2. The van der Waals surface area contributed by atoms with Gasteiger partial charge in [0, 0.05) is 30.3 Å². The molecule has 0 amide bonds. The van der Waals surface area contributed by atoms with Gasteiger partial charge in [0.1, 0.15) is 5.82 Å². The average Bonchev–Trinajstić information content (AvgIpc) is 2.47. The fourth-order valence-electron chi connectivity index (χ4n) is 2.06. The van der Waals surface area contributed by atoms with Crippen LogP contribution in [0, 0.1) is 5.82 Å². The second-order valence-electron chi connectivity index (χ2n) is 4.46. The van der Waals surface area contributed by atoms with Gasteiger partial charge in [0.25, 0.3) is 0 Å². The van der Waals surface area contributed by atoms with Crippen LogP contribution in [0.15, 0.2) is 48.5 Å². The molecular formula is C16H18ClFN2. The van der Waals surface area contributed by atoms with Gasteiger partial charge in [-0.1, -0.05) is 23.7 Å². The molecule has 0 aromatic heterocycles. The maximum Gasteiger partial charge on any atom is 0.146 e. The van der Waals surface area contributed by atoms with Crippen LogP contribution < -0.4 is 10.2 Å². The summed E-state index contributed by atoms with van der Waals surface area (Å²) in [6.07, 6.45) is 0. The van der Waals surface area contributed by atoms with Gasteiger partial charge in [-0.2, -0.15) is 0 Å². The third kappa shape index (κ3) is 3.87. The Labute approximate surface area is 124 Å². The number of hydrogen-bond donors (Lipinski definition) is 1. The molecule has 2 aromatic rings. The van der Waals surface area contributed by atoms with Crippen molar-refractivity contribution < 1.29 is 4.39 Å². The molecule has 2 aromatic carbocycles. The van der Waals surface area contributed by atoms with Crippen molar-refractivity contribution in [3.63, 3.8) is 0 Å². The van der Waals surface area contributed by atoms with E-state index in [0.717, 1.165) is 30.3 Å². The molecular weight excluding hydrogens is 275 g/mol. The second kappa shape index (κ2) is 7.15. The highest BCUT2D eigenvalue weighted by Gasteiger charge is 2.08. The number of halogens is 2. The third-order valence-electron chi connectivity index (χ3n) is 3.13. The van der Waals surface area contributed by atoms with Gasteiger partial charge in [-0.3, -0.25) is 0 Å². The fraction of sp³-hybridized carbons (Fsp3) is 0.250. The second-order valence-corrected chi connectivity index (χ2v) is 4.90. The molecule has 0 saturated heterocycles. The first kappa shape index (κ1) is 14.7. The number of para-hydroxylation sites is 1. The van der Waals surface area contributed by atoms with Crippen LogP contribution in [0.4, 0.5) is 15.8 Å². The molecule has 0 aliphatic carbocycles. The minimum absolute atomic E-state index is 0.180. The van der Waals surface area contributed by atoms with E-state index in [2.05, 4.69) is 5.32 Å². The summed E-state index contributed by atoms with van der Waals surface area (Å²) in [5, 5.41) is 4.02. The van der Waals surface area contributed by atoms with Gasteiger partial charge < -0.3 is 10.2 Å². The van der Waals surface area contributed by atoms with Crippen LogP contribution >= 0.6 is 11.6 Å². The molecule has 2 rings (SSSR count). The van der Waals surface area contributed by atoms with Crippen molar-refractivity contribution in [3.05, 3.63) is 59.4 Å². The van der Waals surface area contributed by atoms with Crippen molar-refractivity contribution in [2.45, 2.75) is 6.92 Å². The van der Waals surface area contributed by atoms with E-state index in [4.69, 9.17) is 11.6 Å². The zero-order valence-electron chi connectivity index (χ0n) is 11.4. The SMILES string of the molecule is CCN(CCNc1ccc(Cl)cc1)c1ccccc1F. The highest BCUT2D eigenvalue weighted by Crippen LogP contribution is 2.18. The topological polar surface area (TPSA) is 15.3 Å². The number of likely N-dealkylation sites (N-methyl/N-ethyl adjacent to an activating group) is 1. The van der Waals surface area contributed by atoms with Crippen LogP contribution in [0.25, 0.3) is 0 Å². The zero-order chi connectivity index (χ0) is 14.4. The third-order valence-corrected chi connectivity index (χ3v) is 3.38. The van der Waals surface area contributed by atoms with Gasteiger partial charge in [0.2, 0.25) is 0 Å². The molecule has 2 nitrogen and oxygen atoms in total. The Kier molecular flexibility index (Phi) is 5.24. The molecule has 0 saturated carbocycles. The lowest BCUT2D eigenvalue weighted by molar-refractivity contribution is 0.619. The minimum Gasteiger partial charge on any atom is -0.383 e. The summed E-state index contributed by atoms with van der Waals surface area (Å²) in [6.45, 7) is 4.27.